The number of aliphatic hydroxyl groups excluding tert-OH is 1. The quantitative estimate of drug-likeness (QED) is 0.439. The molecule has 0 spiro atoms. The lowest BCUT2D eigenvalue weighted by Gasteiger charge is -2.34. The van der Waals surface area contributed by atoms with Gasteiger partial charge >= 0.3 is 11.9 Å². The average Bonchev–Trinajstić information content (AvgIpc) is 3.06. The van der Waals surface area contributed by atoms with Crippen molar-refractivity contribution >= 4 is 17.8 Å². The van der Waals surface area contributed by atoms with E-state index in [1.54, 1.807) is 12.1 Å². The largest absolute Gasteiger partial charge is 0.507 e. The molecule has 1 saturated heterocycles. The Hall–Kier alpha value is -2.65. The van der Waals surface area contributed by atoms with Gasteiger partial charge in [-0.2, -0.15) is 0 Å². The molecule has 2 aliphatic rings. The van der Waals surface area contributed by atoms with Crippen molar-refractivity contribution in [2.45, 2.75) is 70.4 Å². The molecule has 9 heteroatoms. The van der Waals surface area contributed by atoms with Gasteiger partial charge in [0.15, 0.2) is 12.2 Å². The molecule has 31 heavy (non-hydrogen) atoms. The van der Waals surface area contributed by atoms with Crippen LogP contribution in [0.3, 0.4) is 0 Å². The minimum absolute atomic E-state index is 0.0821. The predicted octanol–water partition coefficient (Wildman–Crippen LogP) is 0.659. The number of phenolic OH excluding ortho intramolecular Hbond substituents is 1. The van der Waals surface area contributed by atoms with Crippen molar-refractivity contribution in [1.29, 1.82) is 0 Å². The molecule has 0 aliphatic carbocycles. The highest BCUT2D eigenvalue weighted by Crippen LogP contribution is 2.30. The van der Waals surface area contributed by atoms with Crippen LogP contribution in [-0.4, -0.2) is 65.0 Å². The van der Waals surface area contributed by atoms with Gasteiger partial charge < -0.3 is 30.3 Å². The number of cyclic esters (lactones) is 2. The lowest BCUT2D eigenvalue weighted by molar-refractivity contribution is -0.150. The van der Waals surface area contributed by atoms with Crippen molar-refractivity contribution in [3.8, 4) is 5.75 Å². The topological polar surface area (TPSA) is 134 Å². The Balaban J connectivity index is 1.75. The lowest BCUT2D eigenvalue weighted by Crippen LogP contribution is -2.55. The number of hydrogen-bond donors (Lipinski definition) is 4. The summed E-state index contributed by atoms with van der Waals surface area (Å²) >= 11 is 0. The van der Waals surface area contributed by atoms with Gasteiger partial charge in [-0.1, -0.05) is 32.9 Å². The van der Waals surface area contributed by atoms with Gasteiger partial charge in [-0.15, -0.1) is 0 Å². The normalized spacial score (nSPS) is 24.9. The maximum Gasteiger partial charge on any atom is 0.342 e. The summed E-state index contributed by atoms with van der Waals surface area (Å²) in [4.78, 5) is 37.0. The summed E-state index contributed by atoms with van der Waals surface area (Å²) in [6, 6.07) is 3.80. The number of benzene rings is 1. The molecule has 3 unspecified atom stereocenters. The van der Waals surface area contributed by atoms with Crippen LogP contribution in [0.5, 0.6) is 5.75 Å². The number of amides is 1. The first-order chi connectivity index (χ1) is 14.7. The number of carbonyl (C=O) groups excluding carboxylic acids is 3. The maximum atomic E-state index is 12.8. The highest BCUT2D eigenvalue weighted by atomic mass is 16.6. The fourth-order valence-electron chi connectivity index (χ4n) is 4.21. The van der Waals surface area contributed by atoms with E-state index in [0.717, 1.165) is 0 Å². The van der Waals surface area contributed by atoms with Crippen LogP contribution in [0.2, 0.25) is 0 Å². The number of aromatic hydroxyl groups is 1. The molecule has 0 aromatic heterocycles. The Bertz CT molecular complexity index is 841. The third kappa shape index (κ3) is 5.16. The Kier molecular flexibility index (Phi) is 7.17. The van der Waals surface area contributed by atoms with Crippen molar-refractivity contribution in [2.75, 3.05) is 6.54 Å². The zero-order valence-electron chi connectivity index (χ0n) is 18.0. The van der Waals surface area contributed by atoms with Crippen LogP contribution in [0, 0.1) is 5.92 Å². The van der Waals surface area contributed by atoms with Crippen LogP contribution >= 0.6 is 0 Å². The van der Waals surface area contributed by atoms with Crippen molar-refractivity contribution in [3.63, 3.8) is 0 Å². The molecule has 0 saturated carbocycles. The van der Waals surface area contributed by atoms with E-state index in [4.69, 9.17) is 9.47 Å². The molecule has 9 nitrogen and oxygen atoms in total. The fourth-order valence-corrected chi connectivity index (χ4v) is 4.21. The highest BCUT2D eigenvalue weighted by molar-refractivity contribution is 5.95. The van der Waals surface area contributed by atoms with Gasteiger partial charge in [0.25, 0.3) is 5.91 Å². The van der Waals surface area contributed by atoms with Crippen molar-refractivity contribution in [2.24, 2.45) is 5.92 Å². The molecule has 1 aromatic rings. The Morgan fingerprint density at radius 3 is 2.65 bits per heavy atom. The van der Waals surface area contributed by atoms with Crippen LogP contribution < -0.4 is 10.6 Å². The molecule has 1 fully saturated rings. The summed E-state index contributed by atoms with van der Waals surface area (Å²) in [5.41, 5.74) is 0.779. The second-order valence-corrected chi connectivity index (χ2v) is 8.47. The first kappa shape index (κ1) is 23.0. The predicted molar refractivity (Wildman–Crippen MR) is 110 cm³/mol. The number of fused-ring (bicyclic) bond motifs is 1. The number of likely N-dealkylation sites (N-methyl/N-ethyl adjacent to an activating group) is 1. The van der Waals surface area contributed by atoms with Crippen LogP contribution in [0.15, 0.2) is 18.2 Å². The maximum absolute atomic E-state index is 12.8. The van der Waals surface area contributed by atoms with Crippen LogP contribution in [-0.2, 0) is 25.5 Å². The van der Waals surface area contributed by atoms with E-state index in [9.17, 15) is 24.6 Å². The summed E-state index contributed by atoms with van der Waals surface area (Å²) < 4.78 is 10.7. The summed E-state index contributed by atoms with van der Waals surface area (Å²) in [6.45, 7) is 6.37. The molecule has 0 bridgehead atoms. The monoisotopic (exact) mass is 434 g/mol. The van der Waals surface area contributed by atoms with Gasteiger partial charge in [-0.05, 0) is 30.5 Å². The van der Waals surface area contributed by atoms with Gasteiger partial charge in [0, 0.05) is 6.42 Å². The zero-order valence-corrected chi connectivity index (χ0v) is 18.0. The van der Waals surface area contributed by atoms with Gasteiger partial charge in [0.2, 0.25) is 0 Å². The molecule has 3 rings (SSSR count). The number of esters is 2. The molecule has 1 aromatic carbocycles. The second-order valence-electron chi connectivity index (χ2n) is 8.47. The van der Waals surface area contributed by atoms with E-state index in [1.165, 1.54) is 6.07 Å². The van der Waals surface area contributed by atoms with Crippen LogP contribution in [0.25, 0.3) is 0 Å². The molecule has 4 N–H and O–H groups in total. The zero-order chi connectivity index (χ0) is 22.7. The number of carbonyl (C=O) groups is 3. The summed E-state index contributed by atoms with van der Waals surface area (Å²) in [7, 11) is 0. The fraction of sp³-hybridized carbons (Fsp3) is 0.591. The van der Waals surface area contributed by atoms with Gasteiger partial charge in [-0.3, -0.25) is 9.59 Å². The highest BCUT2D eigenvalue weighted by Gasteiger charge is 2.43. The van der Waals surface area contributed by atoms with E-state index in [1.807, 2.05) is 20.8 Å². The average molecular weight is 434 g/mol. The summed E-state index contributed by atoms with van der Waals surface area (Å²) in [6.07, 6.45) is -2.29. The van der Waals surface area contributed by atoms with Crippen molar-refractivity contribution in [1.82, 2.24) is 10.6 Å². The van der Waals surface area contributed by atoms with E-state index < -0.39 is 48.2 Å². The standard InChI is InChI=1S/C22H30N2O7/c1-4-23-14-10-17(26)31-20(14)19(27)21(28)24-13(8-11(2)3)16-9-12-6-5-7-15(25)18(12)22(29)30-16/h5-7,11,13-14,16,19-20,23,25,27H,4,8-10H2,1-3H3,(H,24,28)/t13-,14?,16?,19-,20?/m0/s1. The molecule has 5 atom stereocenters. The van der Waals surface area contributed by atoms with Crippen molar-refractivity contribution in [3.05, 3.63) is 29.3 Å². The Labute approximate surface area is 181 Å². The summed E-state index contributed by atoms with van der Waals surface area (Å²) in [5.74, 6) is -1.78. The molecular formula is C22H30N2O7. The Morgan fingerprint density at radius 1 is 1.23 bits per heavy atom. The second kappa shape index (κ2) is 9.65. The number of hydrogen-bond acceptors (Lipinski definition) is 8. The number of ether oxygens (including phenoxy) is 2. The molecule has 0 radical (unpaired) electrons. The van der Waals surface area contributed by atoms with E-state index in [0.29, 0.717) is 24.9 Å². The number of rotatable bonds is 8. The first-order valence-electron chi connectivity index (χ1n) is 10.6. The molecule has 170 valence electrons. The molecule has 1 amide bonds. The van der Waals surface area contributed by atoms with Crippen LogP contribution in [0.1, 0.15) is 49.5 Å². The minimum Gasteiger partial charge on any atom is -0.507 e. The molecular weight excluding hydrogens is 404 g/mol. The number of phenols is 1. The number of aliphatic hydroxyl groups is 1. The lowest BCUT2D eigenvalue weighted by atomic mass is 9.90. The third-order valence-corrected chi connectivity index (χ3v) is 5.61. The first-order valence-corrected chi connectivity index (χ1v) is 10.6. The molecule has 2 heterocycles. The SMILES string of the molecule is CCNC1CC(=O)OC1[C@H](O)C(=O)N[C@@H](CC(C)C)C1Cc2cccc(O)c2C(=O)O1. The van der Waals surface area contributed by atoms with E-state index in [-0.39, 0.29) is 23.7 Å². The van der Waals surface area contributed by atoms with Gasteiger partial charge in [-0.25, -0.2) is 4.79 Å². The van der Waals surface area contributed by atoms with E-state index >= 15 is 0 Å². The minimum atomic E-state index is -1.55. The smallest absolute Gasteiger partial charge is 0.342 e. The number of nitrogens with one attached hydrogen (secondary N) is 2. The third-order valence-electron chi connectivity index (χ3n) is 5.61. The van der Waals surface area contributed by atoms with E-state index in [2.05, 4.69) is 10.6 Å². The van der Waals surface area contributed by atoms with Gasteiger partial charge in [0.05, 0.1) is 18.5 Å². The summed E-state index contributed by atoms with van der Waals surface area (Å²) in [5, 5.41) is 26.4. The van der Waals surface area contributed by atoms with Crippen LogP contribution in [0.4, 0.5) is 0 Å². The molecule has 2 aliphatic heterocycles. The van der Waals surface area contributed by atoms with Crippen molar-refractivity contribution < 1.29 is 34.1 Å². The van der Waals surface area contributed by atoms with Gasteiger partial charge in [0.1, 0.15) is 17.4 Å². The Morgan fingerprint density at radius 2 is 1.97 bits per heavy atom.